The lowest BCUT2D eigenvalue weighted by Crippen LogP contribution is -2.56. The Morgan fingerprint density at radius 3 is 2.69 bits per heavy atom. The summed E-state index contributed by atoms with van der Waals surface area (Å²) in [5, 5.41) is 2.55. The van der Waals surface area contributed by atoms with Crippen LogP contribution in [0.3, 0.4) is 0 Å². The zero-order chi connectivity index (χ0) is 37.5. The first-order valence-electron chi connectivity index (χ1n) is 18.4. The monoisotopic (exact) mass is 757 g/mol. The molecule has 2 N–H and O–H groups in total. The number of halogens is 1. The third-order valence-electron chi connectivity index (χ3n) is 13.0. The van der Waals surface area contributed by atoms with Crippen molar-refractivity contribution in [3.05, 3.63) is 58.7 Å². The molecule has 3 aliphatic carbocycles. The molecule has 2 amide bonds. The molecular weight excluding hydrogens is 706 g/mol. The van der Waals surface area contributed by atoms with Gasteiger partial charge in [0.15, 0.2) is 0 Å². The van der Waals surface area contributed by atoms with E-state index >= 15 is 0 Å². The van der Waals surface area contributed by atoms with E-state index in [9.17, 15) is 22.8 Å². The van der Waals surface area contributed by atoms with Crippen LogP contribution in [0.5, 0.6) is 5.75 Å². The molecule has 5 aliphatic rings. The van der Waals surface area contributed by atoms with E-state index in [1.807, 2.05) is 19.1 Å². The highest BCUT2D eigenvalue weighted by Gasteiger charge is 2.56. The van der Waals surface area contributed by atoms with Gasteiger partial charge in [0.2, 0.25) is 15.9 Å². The predicted molar refractivity (Wildman–Crippen MR) is 200 cm³/mol. The third kappa shape index (κ3) is 7.14. The van der Waals surface area contributed by atoms with Crippen LogP contribution in [0.25, 0.3) is 0 Å². The Bertz CT molecular complexity index is 1790. The molecule has 0 saturated heterocycles. The topological polar surface area (TPSA) is 140 Å². The first-order valence-corrected chi connectivity index (χ1v) is 20.3. The Balaban J connectivity index is 1.43. The van der Waals surface area contributed by atoms with Gasteiger partial charge in [-0.2, -0.15) is 0 Å². The number of ether oxygens (including phenoxy) is 3. The summed E-state index contributed by atoms with van der Waals surface area (Å²) in [6, 6.07) is 5.17. The highest BCUT2D eigenvalue weighted by Crippen LogP contribution is 2.60. The molecule has 52 heavy (non-hydrogen) atoms. The molecule has 284 valence electrons. The Kier molecular flexibility index (Phi) is 10.9. The largest absolute Gasteiger partial charge is 0.491 e. The summed E-state index contributed by atoms with van der Waals surface area (Å²) < 4.78 is 47.1. The smallest absolute Gasteiger partial charge is 0.325 e. The average molecular weight is 758 g/mol. The second-order valence-electron chi connectivity index (χ2n) is 15.7. The minimum absolute atomic E-state index is 0.0243. The minimum atomic E-state index is -4.05. The van der Waals surface area contributed by atoms with E-state index in [1.165, 1.54) is 12.7 Å². The molecule has 2 aliphatic heterocycles. The number of carbonyl (C=O) groups excluding carboxylic acids is 3. The van der Waals surface area contributed by atoms with Gasteiger partial charge in [0.05, 0.1) is 36.7 Å². The maximum Gasteiger partial charge on any atom is 0.325 e. The summed E-state index contributed by atoms with van der Waals surface area (Å²) in [5.74, 6) is -1.25. The quantitative estimate of drug-likeness (QED) is 0.288. The molecule has 2 saturated carbocycles. The van der Waals surface area contributed by atoms with Crippen LogP contribution < -0.4 is 19.7 Å². The molecule has 11 nitrogen and oxygen atoms in total. The number of anilines is 1. The van der Waals surface area contributed by atoms with E-state index in [2.05, 4.69) is 34.0 Å². The number of carbonyl (C=O) groups is 3. The number of allylic oxidation sites excluding steroid dienone is 5. The SMILES string of the molecule is COC(=O)CNC(=O)C[C@]1(OC)/C=C/C[C@H](C)[C@@H](C)S(=O)(=O)NC(=O)c2ccc3c(c2)N(C[C@@H]2CC[C@H]21)C[C@@]1(CCCC2=CC(Cl)=CCC21C)CO3. The zero-order valence-corrected chi connectivity index (χ0v) is 32.4. The Morgan fingerprint density at radius 2 is 1.98 bits per heavy atom. The zero-order valence-electron chi connectivity index (χ0n) is 30.8. The highest BCUT2D eigenvalue weighted by atomic mass is 35.5. The van der Waals surface area contributed by atoms with Crippen molar-refractivity contribution in [1.82, 2.24) is 10.0 Å². The number of rotatable bonds is 5. The molecule has 13 heteroatoms. The molecule has 1 aromatic carbocycles. The first kappa shape index (κ1) is 38.4. The minimum Gasteiger partial charge on any atom is -0.491 e. The Labute approximate surface area is 312 Å². The number of fused-ring (bicyclic) bond motifs is 4. The van der Waals surface area contributed by atoms with Crippen LogP contribution >= 0.6 is 11.6 Å². The van der Waals surface area contributed by atoms with Gasteiger partial charge in [0.1, 0.15) is 12.3 Å². The van der Waals surface area contributed by atoms with Crippen LogP contribution in [0, 0.1) is 28.6 Å². The van der Waals surface area contributed by atoms with Crippen LogP contribution in [0.2, 0.25) is 0 Å². The van der Waals surface area contributed by atoms with Crippen LogP contribution in [-0.2, 0) is 29.1 Å². The predicted octanol–water partition coefficient (Wildman–Crippen LogP) is 5.65. The second-order valence-corrected chi connectivity index (χ2v) is 18.2. The third-order valence-corrected chi connectivity index (χ3v) is 15.1. The summed E-state index contributed by atoms with van der Waals surface area (Å²) in [5.41, 5.74) is 0.788. The van der Waals surface area contributed by atoms with Gasteiger partial charge in [-0.1, -0.05) is 49.2 Å². The van der Waals surface area contributed by atoms with Crippen molar-refractivity contribution in [2.24, 2.45) is 28.6 Å². The standard InChI is InChI=1S/C39H52ClN3O8S/c1-25-8-6-16-39(50-5,20-34(44)41-21-35(45)49-4)31-12-10-28(31)22-43-23-38(15-7-9-29-19-30(40)14-17-37(29,38)3)24-51-33-13-11-27(18-32(33)43)36(46)42-52(47,48)26(25)2/h6,11,13-14,16,18-19,25-26,28,31H,7-10,12,15,17,20-24H2,1-5H3,(H,41,44)(H,42,46)/b16-6+/t25-,26+,28-,31+,37?,38-,39+/m0/s1. The molecule has 2 heterocycles. The van der Waals surface area contributed by atoms with Gasteiger partial charge in [-0.05, 0) is 93.9 Å². The number of nitrogens with zero attached hydrogens (tertiary/aromatic N) is 1. The van der Waals surface area contributed by atoms with Crippen molar-refractivity contribution in [2.75, 3.05) is 45.4 Å². The van der Waals surface area contributed by atoms with Crippen molar-refractivity contribution in [3.8, 4) is 5.75 Å². The van der Waals surface area contributed by atoms with Crippen molar-refractivity contribution in [3.63, 3.8) is 0 Å². The fourth-order valence-corrected chi connectivity index (χ4v) is 10.6. The van der Waals surface area contributed by atoms with E-state index < -0.39 is 32.8 Å². The molecule has 2 bridgehead atoms. The van der Waals surface area contributed by atoms with Crippen LogP contribution in [-0.4, -0.2) is 77.5 Å². The van der Waals surface area contributed by atoms with Crippen molar-refractivity contribution in [2.45, 2.75) is 83.0 Å². The fraction of sp³-hybridized carbons (Fsp3) is 0.615. The molecule has 7 atom stereocenters. The highest BCUT2D eigenvalue weighted by molar-refractivity contribution is 7.90. The van der Waals surface area contributed by atoms with Crippen LogP contribution in [0.4, 0.5) is 5.69 Å². The number of hydrogen-bond donors (Lipinski definition) is 2. The molecule has 6 rings (SSSR count). The van der Waals surface area contributed by atoms with Gasteiger partial charge in [0, 0.05) is 41.6 Å². The van der Waals surface area contributed by atoms with Crippen LogP contribution in [0.1, 0.15) is 82.5 Å². The average Bonchev–Trinajstić information content (AvgIpc) is 3.26. The summed E-state index contributed by atoms with van der Waals surface area (Å²) in [4.78, 5) is 41.2. The fourth-order valence-electron chi connectivity index (χ4n) is 9.14. The van der Waals surface area contributed by atoms with E-state index in [0.717, 1.165) is 49.2 Å². The second kappa shape index (κ2) is 14.8. The van der Waals surface area contributed by atoms with E-state index in [1.54, 1.807) is 32.2 Å². The lowest BCUT2D eigenvalue weighted by Gasteiger charge is -2.55. The Hall–Kier alpha value is -3.35. The van der Waals surface area contributed by atoms with Crippen LogP contribution in [0.15, 0.2) is 53.1 Å². The number of hydrogen-bond acceptors (Lipinski definition) is 9. The van der Waals surface area contributed by atoms with Crippen molar-refractivity contribution in [1.29, 1.82) is 0 Å². The van der Waals surface area contributed by atoms with Gasteiger partial charge in [-0.15, -0.1) is 0 Å². The van der Waals surface area contributed by atoms with Gasteiger partial charge < -0.3 is 24.4 Å². The Morgan fingerprint density at radius 1 is 1.19 bits per heavy atom. The number of sulfonamides is 1. The molecular formula is C39H52ClN3O8S. The summed E-state index contributed by atoms with van der Waals surface area (Å²) in [7, 11) is -1.17. The lowest BCUT2D eigenvalue weighted by molar-refractivity contribution is -0.143. The molecule has 1 aromatic rings. The number of methoxy groups -OCH3 is 2. The summed E-state index contributed by atoms with van der Waals surface area (Å²) in [6.07, 6.45) is 13.8. The number of benzene rings is 1. The van der Waals surface area contributed by atoms with Gasteiger partial charge in [-0.25, -0.2) is 13.1 Å². The van der Waals surface area contributed by atoms with E-state index in [0.29, 0.717) is 31.9 Å². The van der Waals surface area contributed by atoms with Gasteiger partial charge in [-0.3, -0.25) is 14.4 Å². The molecule has 2 fully saturated rings. The van der Waals surface area contributed by atoms with Gasteiger partial charge in [0.25, 0.3) is 5.91 Å². The maximum absolute atomic E-state index is 13.6. The normalized spacial score (nSPS) is 34.8. The molecule has 0 aromatic heterocycles. The number of amides is 2. The van der Waals surface area contributed by atoms with E-state index in [4.69, 9.17) is 25.8 Å². The molecule has 1 spiro atoms. The van der Waals surface area contributed by atoms with E-state index in [-0.39, 0.29) is 53.0 Å². The molecule has 0 radical (unpaired) electrons. The summed E-state index contributed by atoms with van der Waals surface area (Å²) in [6.45, 7) is 7.21. The number of esters is 1. The lowest BCUT2D eigenvalue weighted by atomic mass is 9.52. The summed E-state index contributed by atoms with van der Waals surface area (Å²) >= 11 is 6.55. The number of nitrogens with one attached hydrogen (secondary N) is 2. The van der Waals surface area contributed by atoms with Crippen molar-refractivity contribution >= 4 is 45.1 Å². The maximum atomic E-state index is 13.6. The van der Waals surface area contributed by atoms with Gasteiger partial charge >= 0.3 is 5.97 Å². The van der Waals surface area contributed by atoms with Crippen molar-refractivity contribution < 1.29 is 37.0 Å². The molecule has 1 unspecified atom stereocenters. The first-order chi connectivity index (χ1) is 24.7.